The summed E-state index contributed by atoms with van der Waals surface area (Å²) in [4.78, 5) is 15.2. The molecule has 122 valence electrons. The quantitative estimate of drug-likeness (QED) is 0.758. The van der Waals surface area contributed by atoms with E-state index >= 15 is 0 Å². The highest BCUT2D eigenvalue weighted by Crippen LogP contribution is 2.51. The average molecular weight is 330 g/mol. The van der Waals surface area contributed by atoms with E-state index in [2.05, 4.69) is 11.0 Å². The van der Waals surface area contributed by atoms with Gasteiger partial charge in [-0.3, -0.25) is 4.79 Å². The van der Waals surface area contributed by atoms with Crippen molar-refractivity contribution in [3.05, 3.63) is 34.3 Å². The van der Waals surface area contributed by atoms with Gasteiger partial charge in [-0.15, -0.1) is 0 Å². The maximum absolute atomic E-state index is 12.4. The molecule has 0 amide bonds. The van der Waals surface area contributed by atoms with Crippen molar-refractivity contribution < 1.29 is 4.79 Å². The van der Waals surface area contributed by atoms with Crippen LogP contribution in [0.25, 0.3) is 0 Å². The van der Waals surface area contributed by atoms with Crippen LogP contribution in [-0.2, 0) is 5.41 Å². The van der Waals surface area contributed by atoms with Crippen molar-refractivity contribution in [3.63, 3.8) is 0 Å². The molecule has 5 rings (SSSR count). The Morgan fingerprint density at radius 3 is 2.65 bits per heavy atom. The third kappa shape index (κ3) is 2.14. The van der Waals surface area contributed by atoms with Gasteiger partial charge in [0, 0.05) is 28.5 Å². The standard InChI is InChI=1S/C20H24ClNO/c21-15-3-4-16-17(11-15)20(12-19(16)23)5-7-22(8-6-20)18-10-13-1-2-14(18)9-13/h3-4,11,13-14,18H,1-2,5-10,12H2/t13-,14-,18-/m1/s1. The van der Waals surface area contributed by atoms with Crippen LogP contribution in [0.3, 0.4) is 0 Å². The number of likely N-dealkylation sites (tertiary alicyclic amines) is 1. The van der Waals surface area contributed by atoms with E-state index in [9.17, 15) is 4.79 Å². The summed E-state index contributed by atoms with van der Waals surface area (Å²) in [6, 6.07) is 6.70. The maximum atomic E-state index is 12.4. The van der Waals surface area contributed by atoms with Crippen molar-refractivity contribution in [2.24, 2.45) is 11.8 Å². The Morgan fingerprint density at radius 2 is 1.96 bits per heavy atom. The Balaban J connectivity index is 1.37. The molecule has 0 radical (unpaired) electrons. The summed E-state index contributed by atoms with van der Waals surface area (Å²) in [6.07, 6.45) is 8.78. The highest BCUT2D eigenvalue weighted by Gasteiger charge is 2.48. The van der Waals surface area contributed by atoms with Gasteiger partial charge >= 0.3 is 0 Å². The molecule has 1 heterocycles. The number of carbonyl (C=O) groups is 1. The fraction of sp³-hybridized carbons (Fsp3) is 0.650. The molecule has 1 saturated heterocycles. The maximum Gasteiger partial charge on any atom is 0.164 e. The van der Waals surface area contributed by atoms with Gasteiger partial charge in [0.15, 0.2) is 5.78 Å². The second kappa shape index (κ2) is 5.07. The van der Waals surface area contributed by atoms with E-state index in [-0.39, 0.29) is 5.41 Å². The largest absolute Gasteiger partial charge is 0.300 e. The van der Waals surface area contributed by atoms with Gasteiger partial charge in [0.25, 0.3) is 0 Å². The Hall–Kier alpha value is -0.860. The molecule has 3 aliphatic carbocycles. The van der Waals surface area contributed by atoms with Crippen LogP contribution in [-0.4, -0.2) is 29.8 Å². The van der Waals surface area contributed by atoms with E-state index in [0.717, 1.165) is 54.4 Å². The zero-order valence-electron chi connectivity index (χ0n) is 13.6. The predicted molar refractivity (Wildman–Crippen MR) is 92.1 cm³/mol. The minimum atomic E-state index is 0.0748. The summed E-state index contributed by atoms with van der Waals surface area (Å²) in [6.45, 7) is 2.32. The lowest BCUT2D eigenvalue weighted by molar-refractivity contribution is 0.0767. The van der Waals surface area contributed by atoms with Crippen LogP contribution in [0.4, 0.5) is 0 Å². The van der Waals surface area contributed by atoms with Crippen molar-refractivity contribution in [2.75, 3.05) is 13.1 Å². The zero-order chi connectivity index (χ0) is 15.6. The molecular formula is C20H24ClNO. The first kappa shape index (κ1) is 14.5. The third-order valence-electron chi connectivity index (χ3n) is 7.28. The smallest absolute Gasteiger partial charge is 0.164 e. The van der Waals surface area contributed by atoms with Crippen LogP contribution in [0, 0.1) is 11.8 Å². The van der Waals surface area contributed by atoms with Crippen molar-refractivity contribution in [3.8, 4) is 0 Å². The summed E-state index contributed by atoms with van der Waals surface area (Å²) in [7, 11) is 0. The molecule has 0 aromatic heterocycles. The van der Waals surface area contributed by atoms with Crippen molar-refractivity contribution in [2.45, 2.75) is 56.4 Å². The minimum Gasteiger partial charge on any atom is -0.300 e. The van der Waals surface area contributed by atoms with Gasteiger partial charge in [-0.25, -0.2) is 0 Å². The minimum absolute atomic E-state index is 0.0748. The number of hydrogen-bond donors (Lipinski definition) is 0. The number of carbonyl (C=O) groups excluding carboxylic acids is 1. The second-order valence-corrected chi connectivity index (χ2v) is 8.78. The van der Waals surface area contributed by atoms with E-state index < -0.39 is 0 Å². The molecule has 0 unspecified atom stereocenters. The molecule has 2 saturated carbocycles. The van der Waals surface area contributed by atoms with Crippen LogP contribution in [0.1, 0.15) is 60.9 Å². The number of halogens is 1. The Bertz CT molecular complexity index is 662. The number of hydrogen-bond acceptors (Lipinski definition) is 2. The van der Waals surface area contributed by atoms with Gasteiger partial charge in [0.1, 0.15) is 0 Å². The highest BCUT2D eigenvalue weighted by atomic mass is 35.5. The predicted octanol–water partition coefficient (Wildman–Crippen LogP) is 4.45. The fourth-order valence-electron chi connectivity index (χ4n) is 6.08. The van der Waals surface area contributed by atoms with Gasteiger partial charge in [-0.05, 0) is 80.8 Å². The molecule has 3 atom stereocenters. The van der Waals surface area contributed by atoms with Crippen LogP contribution < -0.4 is 0 Å². The van der Waals surface area contributed by atoms with Gasteiger partial charge in [-0.2, -0.15) is 0 Å². The van der Waals surface area contributed by atoms with E-state index in [0.29, 0.717) is 12.2 Å². The van der Waals surface area contributed by atoms with Crippen molar-refractivity contribution >= 4 is 17.4 Å². The zero-order valence-corrected chi connectivity index (χ0v) is 14.3. The monoisotopic (exact) mass is 329 g/mol. The fourth-order valence-corrected chi connectivity index (χ4v) is 6.26. The molecule has 2 bridgehead atoms. The Labute approximate surface area is 143 Å². The molecule has 3 heteroatoms. The molecule has 23 heavy (non-hydrogen) atoms. The number of piperidine rings is 1. The highest BCUT2D eigenvalue weighted by molar-refractivity contribution is 6.30. The van der Waals surface area contributed by atoms with Crippen LogP contribution in [0.2, 0.25) is 5.02 Å². The number of nitrogens with zero attached hydrogens (tertiary/aromatic N) is 1. The summed E-state index contributed by atoms with van der Waals surface area (Å²) in [5.41, 5.74) is 2.25. The van der Waals surface area contributed by atoms with E-state index in [1.807, 2.05) is 12.1 Å². The summed E-state index contributed by atoms with van der Waals surface area (Å²) in [5, 5.41) is 0.772. The van der Waals surface area contributed by atoms with Gasteiger partial charge in [-0.1, -0.05) is 18.0 Å². The Morgan fingerprint density at radius 1 is 1.13 bits per heavy atom. The van der Waals surface area contributed by atoms with Crippen LogP contribution >= 0.6 is 11.6 Å². The molecule has 1 spiro atoms. The molecule has 1 aromatic carbocycles. The molecule has 1 aromatic rings. The van der Waals surface area contributed by atoms with E-state index in [1.54, 1.807) is 0 Å². The third-order valence-corrected chi connectivity index (χ3v) is 7.51. The van der Waals surface area contributed by atoms with E-state index in [1.165, 1.54) is 31.2 Å². The number of fused-ring (bicyclic) bond motifs is 4. The summed E-state index contributed by atoms with van der Waals surface area (Å²) >= 11 is 6.23. The molecule has 0 N–H and O–H groups in total. The van der Waals surface area contributed by atoms with E-state index in [4.69, 9.17) is 11.6 Å². The first-order chi connectivity index (χ1) is 11.1. The lowest BCUT2D eigenvalue weighted by atomic mass is 9.73. The lowest BCUT2D eigenvalue weighted by Crippen LogP contribution is -2.48. The average Bonchev–Trinajstić information content (AvgIpc) is 3.23. The van der Waals surface area contributed by atoms with Crippen molar-refractivity contribution in [1.29, 1.82) is 0 Å². The Kier molecular flexibility index (Phi) is 3.19. The topological polar surface area (TPSA) is 20.3 Å². The number of ketones is 1. The number of Topliss-reactive ketones (excluding diaryl/α,β-unsaturated/α-hetero) is 1. The van der Waals surface area contributed by atoms with Gasteiger partial charge < -0.3 is 4.90 Å². The van der Waals surface area contributed by atoms with Gasteiger partial charge in [0.05, 0.1) is 0 Å². The first-order valence-corrected chi connectivity index (χ1v) is 9.60. The number of benzene rings is 1. The van der Waals surface area contributed by atoms with Gasteiger partial charge in [0.2, 0.25) is 0 Å². The van der Waals surface area contributed by atoms with Crippen molar-refractivity contribution in [1.82, 2.24) is 4.90 Å². The normalized spacial score (nSPS) is 35.2. The summed E-state index contributed by atoms with van der Waals surface area (Å²) in [5.74, 6) is 2.29. The molecule has 1 aliphatic heterocycles. The van der Waals surface area contributed by atoms with Crippen LogP contribution in [0.15, 0.2) is 18.2 Å². The molecular weight excluding hydrogens is 306 g/mol. The molecule has 3 fully saturated rings. The second-order valence-electron chi connectivity index (χ2n) is 8.35. The first-order valence-electron chi connectivity index (χ1n) is 9.22. The summed E-state index contributed by atoms with van der Waals surface area (Å²) < 4.78 is 0. The molecule has 2 nitrogen and oxygen atoms in total. The SMILES string of the molecule is O=C1CC2(CCN([C@@H]3C[C@@H]4CC[C@@H]3C4)CC2)c2cc(Cl)ccc21. The molecule has 4 aliphatic rings. The van der Waals surface area contributed by atoms with Crippen LogP contribution in [0.5, 0.6) is 0 Å². The number of rotatable bonds is 1. The lowest BCUT2D eigenvalue weighted by Gasteiger charge is -2.44.